The molecule has 0 spiro atoms. The molecule has 244 valence electrons. The number of nitrogens with two attached hydrogens (primary N) is 1. The molecule has 0 aliphatic rings. The third-order valence-electron chi connectivity index (χ3n) is 7.04. The number of carbonyl (C=O) groups is 3. The van der Waals surface area contributed by atoms with Crippen LogP contribution in [-0.4, -0.2) is 26.6 Å². The van der Waals surface area contributed by atoms with Gasteiger partial charge in [0.1, 0.15) is 5.75 Å². The zero-order chi connectivity index (χ0) is 34.3. The molecule has 0 saturated heterocycles. The number of aryl methyl sites for hydroxylation is 2. The molecule has 7 N–H and O–H groups in total. The molecule has 0 radical (unpaired) electrons. The van der Waals surface area contributed by atoms with Gasteiger partial charge >= 0.3 is 18.2 Å². The Morgan fingerprint density at radius 3 is 1.58 bits per heavy atom. The monoisotopic (exact) mass is 664 g/mol. The minimum Gasteiger partial charge on any atom is -0.410 e. The van der Waals surface area contributed by atoms with Crippen LogP contribution in [0, 0.1) is 13.8 Å². The van der Waals surface area contributed by atoms with Crippen LogP contribution in [0.25, 0.3) is 0 Å². The Hall–Kier alpha value is -6.34. The summed E-state index contributed by atoms with van der Waals surface area (Å²) in [6.07, 6.45) is -0.685. The molecule has 5 aromatic rings. The summed E-state index contributed by atoms with van der Waals surface area (Å²) >= 11 is 0. The van der Waals surface area contributed by atoms with E-state index in [1.807, 2.05) is 6.92 Å². The Morgan fingerprint density at radius 2 is 1.04 bits per heavy atom. The summed E-state index contributed by atoms with van der Waals surface area (Å²) in [7, 11) is -3.89. The number of hydrogen-bond donors (Lipinski definition) is 6. The van der Waals surface area contributed by atoms with E-state index >= 15 is 0 Å². The maximum absolute atomic E-state index is 13.3. The molecular formula is C35H32N6O6S. The number of para-hydroxylation sites is 1. The van der Waals surface area contributed by atoms with Crippen molar-refractivity contribution < 1.29 is 27.5 Å². The highest BCUT2D eigenvalue weighted by Crippen LogP contribution is 2.25. The summed E-state index contributed by atoms with van der Waals surface area (Å²) < 4.78 is 31.7. The first-order valence-electron chi connectivity index (χ1n) is 14.6. The minimum atomic E-state index is -3.89. The highest BCUT2D eigenvalue weighted by molar-refractivity contribution is 7.91. The Labute approximate surface area is 277 Å². The summed E-state index contributed by atoms with van der Waals surface area (Å²) in [4.78, 5) is 37.5. The summed E-state index contributed by atoms with van der Waals surface area (Å²) in [6.45, 7) is 3.63. The number of rotatable bonds is 8. The quantitative estimate of drug-likeness (QED) is 0.0923. The first kappa shape index (κ1) is 33.0. The van der Waals surface area contributed by atoms with Crippen molar-refractivity contribution in [3.63, 3.8) is 0 Å². The van der Waals surface area contributed by atoms with Gasteiger partial charge in [0.2, 0.25) is 9.84 Å². The third-order valence-corrected chi connectivity index (χ3v) is 8.83. The fourth-order valence-electron chi connectivity index (χ4n) is 4.49. The maximum atomic E-state index is 13.3. The summed E-state index contributed by atoms with van der Waals surface area (Å²) in [5.41, 5.74) is 10.0. The number of urea groups is 2. The second kappa shape index (κ2) is 14.4. The number of hydrogen-bond acceptors (Lipinski definition) is 7. The highest BCUT2D eigenvalue weighted by Gasteiger charge is 2.18. The molecule has 0 bridgehead atoms. The molecule has 0 fully saturated rings. The number of carbonyl (C=O) groups excluding carboxylic acids is 3. The molecule has 5 amide bonds. The third kappa shape index (κ3) is 8.47. The number of anilines is 6. The van der Waals surface area contributed by atoms with Crippen molar-refractivity contribution in [2.24, 2.45) is 0 Å². The predicted molar refractivity (Wildman–Crippen MR) is 186 cm³/mol. The van der Waals surface area contributed by atoms with Gasteiger partial charge in [-0.25, -0.2) is 22.8 Å². The number of nitrogens with one attached hydrogen (secondary N) is 5. The number of sulfone groups is 1. The van der Waals surface area contributed by atoms with E-state index in [-0.39, 0.29) is 9.79 Å². The van der Waals surface area contributed by atoms with E-state index in [0.717, 1.165) is 11.1 Å². The van der Waals surface area contributed by atoms with Crippen molar-refractivity contribution in [1.29, 1.82) is 0 Å². The topological polar surface area (TPSA) is 181 Å². The first-order valence-corrected chi connectivity index (χ1v) is 16.1. The van der Waals surface area contributed by atoms with Crippen LogP contribution in [0.5, 0.6) is 5.75 Å². The lowest BCUT2D eigenvalue weighted by Crippen LogP contribution is -2.21. The molecule has 5 rings (SSSR count). The van der Waals surface area contributed by atoms with E-state index in [4.69, 9.17) is 10.5 Å². The lowest BCUT2D eigenvalue weighted by molar-refractivity contribution is 0.215. The molecular weight excluding hydrogens is 632 g/mol. The second-order valence-electron chi connectivity index (χ2n) is 10.6. The smallest absolute Gasteiger partial charge is 0.410 e. The molecule has 0 aromatic heterocycles. The van der Waals surface area contributed by atoms with Gasteiger partial charge in [0.15, 0.2) is 0 Å². The lowest BCUT2D eigenvalue weighted by Gasteiger charge is -2.13. The van der Waals surface area contributed by atoms with Crippen LogP contribution in [0.4, 0.5) is 48.5 Å². The molecule has 0 aliphatic carbocycles. The molecule has 0 saturated carbocycles. The van der Waals surface area contributed by atoms with Crippen molar-refractivity contribution in [2.45, 2.75) is 23.6 Å². The van der Waals surface area contributed by atoms with Crippen molar-refractivity contribution in [1.82, 2.24) is 0 Å². The van der Waals surface area contributed by atoms with Gasteiger partial charge in [-0.05, 0) is 110 Å². The van der Waals surface area contributed by atoms with E-state index in [2.05, 4.69) is 26.6 Å². The molecule has 5 aromatic carbocycles. The predicted octanol–water partition coefficient (Wildman–Crippen LogP) is 7.62. The summed E-state index contributed by atoms with van der Waals surface area (Å²) in [6, 6.07) is 29.1. The average Bonchev–Trinajstić information content (AvgIpc) is 3.05. The van der Waals surface area contributed by atoms with Crippen molar-refractivity contribution in [3.05, 3.63) is 126 Å². The first-order chi connectivity index (χ1) is 23.0. The molecule has 13 heteroatoms. The number of nitrogen functional groups attached to an aromatic ring is 1. The molecule has 12 nitrogen and oxygen atoms in total. The van der Waals surface area contributed by atoms with Crippen LogP contribution in [0.15, 0.2) is 125 Å². The van der Waals surface area contributed by atoms with E-state index in [1.54, 1.807) is 73.7 Å². The highest BCUT2D eigenvalue weighted by atomic mass is 32.2. The second-order valence-corrected chi connectivity index (χ2v) is 12.6. The van der Waals surface area contributed by atoms with E-state index in [0.29, 0.717) is 39.9 Å². The summed E-state index contributed by atoms with van der Waals surface area (Å²) in [5, 5.41) is 13.4. The van der Waals surface area contributed by atoms with E-state index < -0.39 is 28.0 Å². The van der Waals surface area contributed by atoms with Crippen LogP contribution in [0.1, 0.15) is 11.1 Å². The Kier molecular flexibility index (Phi) is 9.91. The van der Waals surface area contributed by atoms with Crippen LogP contribution in [0.2, 0.25) is 0 Å². The van der Waals surface area contributed by atoms with Crippen LogP contribution in [-0.2, 0) is 9.84 Å². The van der Waals surface area contributed by atoms with Crippen LogP contribution < -0.4 is 37.1 Å². The van der Waals surface area contributed by atoms with Gasteiger partial charge in [0, 0.05) is 34.1 Å². The molecule has 0 unspecified atom stereocenters. The lowest BCUT2D eigenvalue weighted by atomic mass is 10.2. The zero-order valence-electron chi connectivity index (χ0n) is 25.9. The fourth-order valence-corrected chi connectivity index (χ4v) is 5.75. The van der Waals surface area contributed by atoms with Gasteiger partial charge in [-0.1, -0.05) is 30.3 Å². The van der Waals surface area contributed by atoms with Crippen molar-refractivity contribution in [3.8, 4) is 5.75 Å². The van der Waals surface area contributed by atoms with Gasteiger partial charge in [-0.2, -0.15) is 0 Å². The normalized spacial score (nSPS) is 10.8. The Morgan fingerprint density at radius 1 is 0.562 bits per heavy atom. The van der Waals surface area contributed by atoms with Gasteiger partial charge in [0.05, 0.1) is 9.79 Å². The van der Waals surface area contributed by atoms with Crippen molar-refractivity contribution >= 4 is 62.1 Å². The summed E-state index contributed by atoms with van der Waals surface area (Å²) in [5.74, 6) is 0.386. The van der Waals surface area contributed by atoms with E-state index in [9.17, 15) is 22.8 Å². The number of ether oxygens (including phenoxy) is 1. The zero-order valence-corrected chi connectivity index (χ0v) is 26.7. The minimum absolute atomic E-state index is 0.0149. The van der Waals surface area contributed by atoms with Crippen LogP contribution >= 0.6 is 0 Å². The molecule has 48 heavy (non-hydrogen) atoms. The molecule has 0 aliphatic heterocycles. The molecule has 0 atom stereocenters. The number of amides is 5. The Bertz CT molecular complexity index is 2070. The van der Waals surface area contributed by atoms with Gasteiger partial charge in [-0.15, -0.1) is 0 Å². The van der Waals surface area contributed by atoms with Gasteiger partial charge in [-0.3, -0.25) is 5.32 Å². The fraction of sp³-hybridized carbons (Fsp3) is 0.0571. The Balaban J connectivity index is 1.17. The van der Waals surface area contributed by atoms with E-state index in [1.165, 1.54) is 48.5 Å². The maximum Gasteiger partial charge on any atom is 0.417 e. The van der Waals surface area contributed by atoms with Crippen LogP contribution in [0.3, 0.4) is 0 Å². The average molecular weight is 665 g/mol. The van der Waals surface area contributed by atoms with Gasteiger partial charge in [0.25, 0.3) is 0 Å². The molecule has 0 heterocycles. The number of benzene rings is 5. The largest absolute Gasteiger partial charge is 0.417 e. The standard InChI is InChI=1S/C35H32N6O6S/c1-22-8-10-24(36)20-31(22)40-33(42)37-25-12-16-29(17-13-25)48(45,46)30-18-14-26(15-19-30)38-34(43)41-32-21-27(11-9-23(32)2)39-35(44)47-28-6-4-3-5-7-28/h3-21H,36H2,1-2H3,(H,39,44)(H2,37,40,42)(H2,38,41,43). The SMILES string of the molecule is Cc1ccc(N)cc1NC(=O)Nc1ccc(S(=O)(=O)c2ccc(NC(=O)Nc3cc(NC(=O)Oc4ccccc4)ccc3C)cc2)cc1. The van der Waals surface area contributed by atoms with Gasteiger partial charge < -0.3 is 31.7 Å². The van der Waals surface area contributed by atoms with Crippen molar-refractivity contribution in [2.75, 3.05) is 32.3 Å².